The fraction of sp³-hybridized carbons (Fsp3) is 0.125. The summed E-state index contributed by atoms with van der Waals surface area (Å²) in [5.41, 5.74) is 1.71. The number of rotatable bonds is 4. The third-order valence-electron chi connectivity index (χ3n) is 2.73. The van der Waals surface area contributed by atoms with Crippen molar-refractivity contribution >= 4 is 17.6 Å². The zero-order valence-corrected chi connectivity index (χ0v) is 11.4. The summed E-state index contributed by atoms with van der Waals surface area (Å²) in [5.74, 6) is -1.56. The van der Waals surface area contributed by atoms with E-state index in [0.29, 0.717) is 11.3 Å². The van der Waals surface area contributed by atoms with Crippen LogP contribution in [0, 0.1) is 12.7 Å². The van der Waals surface area contributed by atoms with Gasteiger partial charge >= 0.3 is 5.97 Å². The number of aryl methyl sites for hydroxylation is 1. The number of hydrogen-bond acceptors (Lipinski definition) is 3. The topological polar surface area (TPSA) is 55.4 Å². The average molecular weight is 287 g/mol. The van der Waals surface area contributed by atoms with Gasteiger partial charge in [0, 0.05) is 5.69 Å². The molecule has 1 N–H and O–H groups in total. The molecule has 108 valence electrons. The van der Waals surface area contributed by atoms with Gasteiger partial charge in [-0.25, -0.2) is 9.18 Å². The molecule has 21 heavy (non-hydrogen) atoms. The van der Waals surface area contributed by atoms with E-state index in [2.05, 4.69) is 5.32 Å². The van der Waals surface area contributed by atoms with E-state index in [4.69, 9.17) is 4.74 Å². The highest BCUT2D eigenvalue weighted by Gasteiger charge is 2.10. The molecular formula is C16H14FNO3. The van der Waals surface area contributed by atoms with Gasteiger partial charge < -0.3 is 10.1 Å². The molecule has 0 unspecified atom stereocenters. The molecule has 0 saturated carbocycles. The molecule has 0 spiro atoms. The van der Waals surface area contributed by atoms with Crippen LogP contribution in [0.5, 0.6) is 0 Å². The molecular weight excluding hydrogens is 273 g/mol. The molecule has 0 aliphatic carbocycles. The van der Waals surface area contributed by atoms with Gasteiger partial charge in [0.2, 0.25) is 0 Å². The van der Waals surface area contributed by atoms with Crippen LogP contribution in [0.4, 0.5) is 10.1 Å². The molecule has 4 nitrogen and oxygen atoms in total. The lowest BCUT2D eigenvalue weighted by molar-refractivity contribution is -0.119. The lowest BCUT2D eigenvalue weighted by atomic mass is 10.1. The van der Waals surface area contributed by atoms with Crippen molar-refractivity contribution < 1.29 is 18.7 Å². The first-order chi connectivity index (χ1) is 10.0. The molecule has 1 amide bonds. The van der Waals surface area contributed by atoms with Crippen LogP contribution in [-0.2, 0) is 9.53 Å². The summed E-state index contributed by atoms with van der Waals surface area (Å²) in [5, 5.41) is 2.44. The maximum Gasteiger partial charge on any atom is 0.338 e. The van der Waals surface area contributed by atoms with E-state index < -0.39 is 24.3 Å². The van der Waals surface area contributed by atoms with E-state index in [1.54, 1.807) is 30.3 Å². The average Bonchev–Trinajstić information content (AvgIpc) is 2.45. The number of esters is 1. The summed E-state index contributed by atoms with van der Waals surface area (Å²) in [6.07, 6.45) is 0. The number of hydrogen-bond donors (Lipinski definition) is 1. The SMILES string of the molecule is Cc1ccc(C(=O)OCC(=O)Nc2cccc(F)c2)cc1. The Bertz CT molecular complexity index is 653. The van der Waals surface area contributed by atoms with Crippen molar-refractivity contribution in [1.82, 2.24) is 0 Å². The smallest absolute Gasteiger partial charge is 0.338 e. The molecule has 0 aliphatic heterocycles. The van der Waals surface area contributed by atoms with Crippen molar-refractivity contribution in [2.45, 2.75) is 6.92 Å². The zero-order valence-electron chi connectivity index (χ0n) is 11.4. The Kier molecular flexibility index (Phi) is 4.66. The summed E-state index contributed by atoms with van der Waals surface area (Å²) >= 11 is 0. The Hall–Kier alpha value is -2.69. The molecule has 0 atom stereocenters. The number of carbonyl (C=O) groups is 2. The van der Waals surface area contributed by atoms with E-state index in [1.807, 2.05) is 6.92 Å². The molecule has 0 aromatic heterocycles. The summed E-state index contributed by atoms with van der Waals surface area (Å²) in [6, 6.07) is 12.3. The lowest BCUT2D eigenvalue weighted by Crippen LogP contribution is -2.20. The predicted octanol–water partition coefficient (Wildman–Crippen LogP) is 2.93. The van der Waals surface area contributed by atoms with Crippen LogP contribution in [0.2, 0.25) is 0 Å². The molecule has 2 aromatic rings. The molecule has 0 saturated heterocycles. The number of carbonyl (C=O) groups excluding carboxylic acids is 2. The van der Waals surface area contributed by atoms with Crippen LogP contribution in [0.1, 0.15) is 15.9 Å². The standard InChI is InChI=1S/C16H14FNO3/c1-11-5-7-12(8-6-11)16(20)21-10-15(19)18-14-4-2-3-13(17)9-14/h2-9H,10H2,1H3,(H,18,19). The predicted molar refractivity (Wildman–Crippen MR) is 76.5 cm³/mol. The van der Waals surface area contributed by atoms with Crippen molar-refractivity contribution in [3.05, 3.63) is 65.5 Å². The van der Waals surface area contributed by atoms with Crippen LogP contribution in [0.25, 0.3) is 0 Å². The molecule has 0 heterocycles. The number of anilines is 1. The third kappa shape index (κ3) is 4.42. The van der Waals surface area contributed by atoms with Gasteiger partial charge in [0.25, 0.3) is 5.91 Å². The quantitative estimate of drug-likeness (QED) is 0.880. The van der Waals surface area contributed by atoms with Crippen molar-refractivity contribution in [1.29, 1.82) is 0 Å². The zero-order chi connectivity index (χ0) is 15.2. The van der Waals surface area contributed by atoms with Gasteiger partial charge in [-0.3, -0.25) is 4.79 Å². The number of benzene rings is 2. The molecule has 0 aliphatic rings. The van der Waals surface area contributed by atoms with E-state index in [9.17, 15) is 14.0 Å². The Balaban J connectivity index is 1.86. The Morgan fingerprint density at radius 2 is 1.86 bits per heavy atom. The fourth-order valence-corrected chi connectivity index (χ4v) is 1.67. The monoisotopic (exact) mass is 287 g/mol. The van der Waals surface area contributed by atoms with Crippen molar-refractivity contribution in [3.63, 3.8) is 0 Å². The molecule has 2 aromatic carbocycles. The largest absolute Gasteiger partial charge is 0.452 e. The number of halogens is 1. The fourth-order valence-electron chi connectivity index (χ4n) is 1.67. The summed E-state index contributed by atoms with van der Waals surface area (Å²) in [6.45, 7) is 1.48. The Morgan fingerprint density at radius 3 is 2.52 bits per heavy atom. The highest BCUT2D eigenvalue weighted by atomic mass is 19.1. The minimum absolute atomic E-state index is 0.311. The first kappa shape index (κ1) is 14.7. The third-order valence-corrected chi connectivity index (χ3v) is 2.73. The second-order valence-electron chi connectivity index (χ2n) is 4.50. The van der Waals surface area contributed by atoms with Crippen molar-refractivity contribution in [2.75, 3.05) is 11.9 Å². The van der Waals surface area contributed by atoms with Crippen LogP contribution in [-0.4, -0.2) is 18.5 Å². The highest BCUT2D eigenvalue weighted by molar-refractivity contribution is 5.95. The maximum absolute atomic E-state index is 12.9. The van der Waals surface area contributed by atoms with E-state index in [0.717, 1.165) is 5.56 Å². The van der Waals surface area contributed by atoms with E-state index in [-0.39, 0.29) is 0 Å². The number of ether oxygens (including phenoxy) is 1. The highest BCUT2D eigenvalue weighted by Crippen LogP contribution is 2.09. The van der Waals surface area contributed by atoms with Gasteiger partial charge in [-0.2, -0.15) is 0 Å². The van der Waals surface area contributed by atoms with E-state index in [1.165, 1.54) is 18.2 Å². The van der Waals surface area contributed by atoms with Crippen LogP contribution < -0.4 is 5.32 Å². The van der Waals surface area contributed by atoms with Crippen LogP contribution in [0.3, 0.4) is 0 Å². The van der Waals surface area contributed by atoms with Gasteiger partial charge in [-0.05, 0) is 37.3 Å². The van der Waals surface area contributed by atoms with Gasteiger partial charge in [-0.15, -0.1) is 0 Å². The molecule has 0 radical (unpaired) electrons. The molecule has 2 rings (SSSR count). The second-order valence-corrected chi connectivity index (χ2v) is 4.50. The van der Waals surface area contributed by atoms with Crippen LogP contribution >= 0.6 is 0 Å². The van der Waals surface area contributed by atoms with Gasteiger partial charge in [-0.1, -0.05) is 23.8 Å². The minimum atomic E-state index is -0.579. The first-order valence-corrected chi connectivity index (χ1v) is 6.34. The minimum Gasteiger partial charge on any atom is -0.452 e. The lowest BCUT2D eigenvalue weighted by Gasteiger charge is -2.07. The van der Waals surface area contributed by atoms with Crippen LogP contribution in [0.15, 0.2) is 48.5 Å². The van der Waals surface area contributed by atoms with Crippen molar-refractivity contribution in [2.24, 2.45) is 0 Å². The molecule has 5 heteroatoms. The van der Waals surface area contributed by atoms with Gasteiger partial charge in [0.1, 0.15) is 5.82 Å². The second kappa shape index (κ2) is 6.65. The van der Waals surface area contributed by atoms with Gasteiger partial charge in [0.05, 0.1) is 5.56 Å². The Labute approximate surface area is 121 Å². The van der Waals surface area contributed by atoms with E-state index >= 15 is 0 Å². The summed E-state index contributed by atoms with van der Waals surface area (Å²) in [7, 11) is 0. The molecule has 0 bridgehead atoms. The maximum atomic E-state index is 12.9. The number of amides is 1. The van der Waals surface area contributed by atoms with Gasteiger partial charge in [0.15, 0.2) is 6.61 Å². The number of nitrogens with one attached hydrogen (secondary N) is 1. The normalized spacial score (nSPS) is 10.0. The summed E-state index contributed by atoms with van der Waals surface area (Å²) < 4.78 is 17.8. The Morgan fingerprint density at radius 1 is 1.14 bits per heavy atom. The summed E-state index contributed by atoms with van der Waals surface area (Å²) in [4.78, 5) is 23.3. The molecule has 0 fully saturated rings. The first-order valence-electron chi connectivity index (χ1n) is 6.34. The van der Waals surface area contributed by atoms with Crippen molar-refractivity contribution in [3.8, 4) is 0 Å².